The zero-order valence-electron chi connectivity index (χ0n) is 16.9. The second-order valence-electron chi connectivity index (χ2n) is 7.48. The minimum atomic E-state index is -0.268. The molecule has 30 heavy (non-hydrogen) atoms. The molecule has 3 aromatic rings. The molecule has 0 radical (unpaired) electrons. The number of benzene rings is 1. The Balaban J connectivity index is 1.37. The van der Waals surface area contributed by atoms with Crippen molar-refractivity contribution in [3.8, 4) is 0 Å². The summed E-state index contributed by atoms with van der Waals surface area (Å²) in [7, 11) is 0. The molecule has 1 aliphatic rings. The van der Waals surface area contributed by atoms with Gasteiger partial charge in [-0.15, -0.1) is 5.10 Å². The van der Waals surface area contributed by atoms with Crippen LogP contribution in [0.2, 0.25) is 0 Å². The molecule has 0 unspecified atom stereocenters. The predicted molar refractivity (Wildman–Crippen MR) is 111 cm³/mol. The molecule has 1 fully saturated rings. The van der Waals surface area contributed by atoms with E-state index in [1.807, 2.05) is 54.3 Å². The molecule has 0 aliphatic carbocycles. The van der Waals surface area contributed by atoms with Gasteiger partial charge in [0.25, 0.3) is 11.8 Å². The van der Waals surface area contributed by atoms with Gasteiger partial charge in [-0.25, -0.2) is 4.68 Å². The van der Waals surface area contributed by atoms with E-state index >= 15 is 0 Å². The van der Waals surface area contributed by atoms with Crippen molar-refractivity contribution < 1.29 is 9.59 Å². The van der Waals surface area contributed by atoms with E-state index in [4.69, 9.17) is 0 Å². The van der Waals surface area contributed by atoms with Gasteiger partial charge in [0.2, 0.25) is 0 Å². The summed E-state index contributed by atoms with van der Waals surface area (Å²) >= 11 is 0. The molecule has 8 nitrogen and oxygen atoms in total. The smallest absolute Gasteiger partial charge is 0.273 e. The molecule has 1 saturated heterocycles. The van der Waals surface area contributed by atoms with Gasteiger partial charge < -0.3 is 10.2 Å². The Morgan fingerprint density at radius 1 is 1.17 bits per heavy atom. The lowest BCUT2D eigenvalue weighted by Crippen LogP contribution is -2.38. The normalized spacial score (nSPS) is 15.9. The average molecular weight is 404 g/mol. The first-order chi connectivity index (χ1) is 14.6. The summed E-state index contributed by atoms with van der Waals surface area (Å²) in [6.07, 6.45) is 5.08. The van der Waals surface area contributed by atoms with Gasteiger partial charge in [0.1, 0.15) is 0 Å². The van der Waals surface area contributed by atoms with Crippen LogP contribution in [0.5, 0.6) is 0 Å². The Morgan fingerprint density at radius 2 is 2.00 bits per heavy atom. The first-order valence-electron chi connectivity index (χ1n) is 10.1. The van der Waals surface area contributed by atoms with E-state index in [0.29, 0.717) is 25.2 Å². The Hall–Kier alpha value is -3.55. The van der Waals surface area contributed by atoms with E-state index in [9.17, 15) is 9.59 Å². The number of aromatic nitrogens is 4. The molecule has 0 saturated carbocycles. The van der Waals surface area contributed by atoms with Crippen LogP contribution in [0, 0.1) is 6.92 Å². The van der Waals surface area contributed by atoms with Crippen LogP contribution in [0.4, 0.5) is 0 Å². The monoisotopic (exact) mass is 404 g/mol. The molecule has 3 heterocycles. The van der Waals surface area contributed by atoms with E-state index < -0.39 is 0 Å². The van der Waals surface area contributed by atoms with Gasteiger partial charge >= 0.3 is 0 Å². The van der Waals surface area contributed by atoms with Crippen molar-refractivity contribution in [2.75, 3.05) is 6.54 Å². The Kier molecular flexibility index (Phi) is 5.83. The molecule has 4 rings (SSSR count). The van der Waals surface area contributed by atoms with E-state index in [1.165, 1.54) is 0 Å². The van der Waals surface area contributed by atoms with Crippen LogP contribution in [-0.2, 0) is 13.1 Å². The molecule has 1 atom stereocenters. The number of hydrogen-bond donors (Lipinski definition) is 1. The first-order valence-corrected chi connectivity index (χ1v) is 10.1. The van der Waals surface area contributed by atoms with Gasteiger partial charge in [-0.05, 0) is 37.5 Å². The maximum Gasteiger partial charge on any atom is 0.273 e. The molecule has 2 aromatic heterocycles. The van der Waals surface area contributed by atoms with Gasteiger partial charge in [0.15, 0.2) is 5.69 Å². The summed E-state index contributed by atoms with van der Waals surface area (Å²) in [6.45, 7) is 3.54. The van der Waals surface area contributed by atoms with Crippen molar-refractivity contribution in [1.29, 1.82) is 0 Å². The summed E-state index contributed by atoms with van der Waals surface area (Å²) in [5.41, 5.74) is 2.76. The lowest BCUT2D eigenvalue weighted by molar-refractivity contribution is 0.0720. The zero-order chi connectivity index (χ0) is 20.9. The highest BCUT2D eigenvalue weighted by atomic mass is 16.2. The average Bonchev–Trinajstić information content (AvgIpc) is 3.43. The molecule has 8 heteroatoms. The van der Waals surface area contributed by atoms with E-state index in [0.717, 1.165) is 24.1 Å². The van der Waals surface area contributed by atoms with Crippen LogP contribution < -0.4 is 5.32 Å². The quantitative estimate of drug-likeness (QED) is 0.680. The molecule has 0 spiro atoms. The predicted octanol–water partition coefficient (Wildman–Crippen LogP) is 2.22. The number of carbonyl (C=O) groups is 2. The van der Waals surface area contributed by atoms with Gasteiger partial charge in [0, 0.05) is 25.0 Å². The number of nitrogens with zero attached hydrogens (tertiary/aromatic N) is 5. The third-order valence-corrected chi connectivity index (χ3v) is 5.26. The minimum Gasteiger partial charge on any atom is -0.347 e. The van der Waals surface area contributed by atoms with Crippen LogP contribution in [-0.4, -0.2) is 49.3 Å². The number of hydrogen-bond acceptors (Lipinski definition) is 5. The van der Waals surface area contributed by atoms with E-state index in [2.05, 4.69) is 20.6 Å². The highest BCUT2D eigenvalue weighted by Crippen LogP contribution is 2.21. The van der Waals surface area contributed by atoms with E-state index in [1.54, 1.807) is 17.1 Å². The third kappa shape index (κ3) is 4.53. The van der Waals surface area contributed by atoms with Crippen LogP contribution in [0.3, 0.4) is 0 Å². The lowest BCUT2D eigenvalue weighted by atomic mass is 10.2. The number of rotatable bonds is 6. The Bertz CT molecular complexity index is 1020. The van der Waals surface area contributed by atoms with Crippen LogP contribution >= 0.6 is 0 Å². The largest absolute Gasteiger partial charge is 0.347 e. The molecule has 2 amide bonds. The number of aryl methyl sites for hydroxylation is 1. The molecule has 1 aromatic carbocycles. The van der Waals surface area contributed by atoms with Gasteiger partial charge in [-0.3, -0.25) is 14.6 Å². The van der Waals surface area contributed by atoms with Gasteiger partial charge in [-0.2, -0.15) is 0 Å². The summed E-state index contributed by atoms with van der Waals surface area (Å²) in [6, 6.07) is 13.4. The van der Waals surface area contributed by atoms with Crippen molar-refractivity contribution in [3.05, 3.63) is 77.4 Å². The van der Waals surface area contributed by atoms with Crippen LogP contribution in [0.25, 0.3) is 0 Å². The second-order valence-corrected chi connectivity index (χ2v) is 7.48. The zero-order valence-corrected chi connectivity index (χ0v) is 16.9. The molecule has 0 bridgehead atoms. The van der Waals surface area contributed by atoms with Crippen molar-refractivity contribution in [2.45, 2.75) is 38.9 Å². The number of carbonyl (C=O) groups excluding carboxylic acids is 2. The first kappa shape index (κ1) is 19.8. The standard InChI is InChI=1S/C22H24N6O2/c1-16-9-10-18(13-23-16)22(30)28-11-5-8-19(28)14-27-15-20(25-26-27)21(29)24-12-17-6-3-2-4-7-17/h2-4,6-7,9-10,13,15,19H,5,8,11-12,14H2,1H3,(H,24,29)/t19-/m0/s1. The summed E-state index contributed by atoms with van der Waals surface area (Å²) in [5, 5.41) is 10.9. The van der Waals surface area contributed by atoms with E-state index in [-0.39, 0.29) is 23.6 Å². The molecule has 154 valence electrons. The Morgan fingerprint density at radius 3 is 2.77 bits per heavy atom. The number of amides is 2. The SMILES string of the molecule is Cc1ccc(C(=O)N2CCC[C@H]2Cn2cc(C(=O)NCc3ccccc3)nn2)cn1. The van der Waals surface area contributed by atoms with Gasteiger partial charge in [0.05, 0.1) is 24.3 Å². The maximum atomic E-state index is 12.9. The Labute approximate surface area is 174 Å². The molecule has 1 N–H and O–H groups in total. The molecule has 1 aliphatic heterocycles. The van der Waals surface area contributed by atoms with Crippen molar-refractivity contribution in [1.82, 2.24) is 30.2 Å². The van der Waals surface area contributed by atoms with Crippen LogP contribution in [0.15, 0.2) is 54.9 Å². The third-order valence-electron chi connectivity index (χ3n) is 5.26. The molecular formula is C22H24N6O2. The summed E-state index contributed by atoms with van der Waals surface area (Å²) in [5.74, 6) is -0.291. The fraction of sp³-hybridized carbons (Fsp3) is 0.318. The fourth-order valence-electron chi connectivity index (χ4n) is 3.63. The van der Waals surface area contributed by atoms with Crippen LogP contribution in [0.1, 0.15) is 44.9 Å². The highest BCUT2D eigenvalue weighted by molar-refractivity contribution is 5.94. The van der Waals surface area contributed by atoms with Crippen molar-refractivity contribution >= 4 is 11.8 Å². The maximum absolute atomic E-state index is 12.9. The van der Waals surface area contributed by atoms with Crippen molar-refractivity contribution in [3.63, 3.8) is 0 Å². The minimum absolute atomic E-state index is 0.0146. The summed E-state index contributed by atoms with van der Waals surface area (Å²) < 4.78 is 1.64. The van der Waals surface area contributed by atoms with Crippen molar-refractivity contribution in [2.24, 2.45) is 0 Å². The topological polar surface area (TPSA) is 93.0 Å². The summed E-state index contributed by atoms with van der Waals surface area (Å²) in [4.78, 5) is 31.3. The second kappa shape index (κ2) is 8.86. The van der Waals surface area contributed by atoms with Gasteiger partial charge in [-0.1, -0.05) is 35.5 Å². The lowest BCUT2D eigenvalue weighted by Gasteiger charge is -2.24. The number of pyridine rings is 1. The molecular weight excluding hydrogens is 380 g/mol. The number of nitrogens with one attached hydrogen (secondary N) is 1. The number of likely N-dealkylation sites (tertiary alicyclic amines) is 1. The fourth-order valence-corrected chi connectivity index (χ4v) is 3.63. The highest BCUT2D eigenvalue weighted by Gasteiger charge is 2.30.